The molecule has 2 unspecified atom stereocenters. The smallest absolute Gasteiger partial charge is 0.185 e. The Morgan fingerprint density at radius 1 is 1.47 bits per heavy atom. The van der Waals surface area contributed by atoms with Crippen LogP contribution in [0.1, 0.15) is 18.6 Å². The maximum Gasteiger partial charge on any atom is 0.185 e. The monoisotopic (exact) mass is 276 g/mol. The Labute approximate surface area is 108 Å². The van der Waals surface area contributed by atoms with Crippen molar-refractivity contribution in [1.82, 2.24) is 0 Å². The van der Waals surface area contributed by atoms with E-state index in [0.29, 0.717) is 5.56 Å². The van der Waals surface area contributed by atoms with E-state index in [1.807, 2.05) is 0 Å². The zero-order valence-corrected chi connectivity index (χ0v) is 10.7. The van der Waals surface area contributed by atoms with Gasteiger partial charge in [0.25, 0.3) is 0 Å². The SMILES string of the molecule is CC(=O)SCC(O)C(O)c1ccc(O)cc1Cl. The standard InChI is InChI=1S/C11H13ClO4S/c1-6(13)17-5-10(15)11(16)8-3-2-7(14)4-9(8)12/h2-4,10-11,14-16H,5H2,1H3. The highest BCUT2D eigenvalue weighted by molar-refractivity contribution is 8.13. The average Bonchev–Trinajstić information content (AvgIpc) is 2.25. The van der Waals surface area contributed by atoms with Crippen molar-refractivity contribution in [2.75, 3.05) is 5.75 Å². The number of aromatic hydroxyl groups is 1. The molecule has 4 nitrogen and oxygen atoms in total. The van der Waals surface area contributed by atoms with Gasteiger partial charge in [-0.3, -0.25) is 4.79 Å². The van der Waals surface area contributed by atoms with E-state index in [4.69, 9.17) is 16.7 Å². The van der Waals surface area contributed by atoms with Crippen LogP contribution in [0.2, 0.25) is 5.02 Å². The first-order valence-corrected chi connectivity index (χ1v) is 6.26. The van der Waals surface area contributed by atoms with Crippen molar-refractivity contribution >= 4 is 28.5 Å². The number of phenolic OH excluding ortho intramolecular Hbond substituents is 1. The molecule has 0 amide bonds. The minimum Gasteiger partial charge on any atom is -0.508 e. The van der Waals surface area contributed by atoms with Gasteiger partial charge in [-0.25, -0.2) is 0 Å². The zero-order valence-electron chi connectivity index (χ0n) is 9.13. The summed E-state index contributed by atoms with van der Waals surface area (Å²) >= 11 is 6.76. The molecular weight excluding hydrogens is 264 g/mol. The van der Waals surface area contributed by atoms with Gasteiger partial charge < -0.3 is 15.3 Å². The van der Waals surface area contributed by atoms with Crippen molar-refractivity contribution in [2.24, 2.45) is 0 Å². The Bertz CT molecular complexity index is 410. The third-order valence-electron chi connectivity index (χ3n) is 2.12. The Balaban J connectivity index is 2.74. The molecule has 0 saturated heterocycles. The van der Waals surface area contributed by atoms with Gasteiger partial charge >= 0.3 is 0 Å². The predicted octanol–water partition coefficient (Wildman–Crippen LogP) is 1.72. The molecule has 1 aromatic rings. The van der Waals surface area contributed by atoms with E-state index < -0.39 is 12.2 Å². The molecule has 0 heterocycles. The summed E-state index contributed by atoms with van der Waals surface area (Å²) < 4.78 is 0. The van der Waals surface area contributed by atoms with Crippen LogP contribution in [0, 0.1) is 0 Å². The highest BCUT2D eigenvalue weighted by atomic mass is 35.5. The Morgan fingerprint density at radius 3 is 2.65 bits per heavy atom. The molecule has 0 fully saturated rings. The number of aliphatic hydroxyl groups is 2. The van der Waals surface area contributed by atoms with E-state index in [1.54, 1.807) is 0 Å². The molecule has 1 aromatic carbocycles. The first-order chi connectivity index (χ1) is 7.91. The van der Waals surface area contributed by atoms with Crippen LogP contribution in [0.15, 0.2) is 18.2 Å². The summed E-state index contributed by atoms with van der Waals surface area (Å²) in [5.41, 5.74) is 0.320. The number of carbonyl (C=O) groups excluding carboxylic acids is 1. The lowest BCUT2D eigenvalue weighted by atomic mass is 10.1. The van der Waals surface area contributed by atoms with Gasteiger partial charge in [-0.05, 0) is 12.1 Å². The first-order valence-electron chi connectivity index (χ1n) is 4.89. The van der Waals surface area contributed by atoms with Crippen LogP contribution in [0.5, 0.6) is 5.75 Å². The Kier molecular flexibility index (Phi) is 5.27. The summed E-state index contributed by atoms with van der Waals surface area (Å²) in [6.45, 7) is 1.39. The van der Waals surface area contributed by atoms with E-state index in [-0.39, 0.29) is 21.6 Å². The molecule has 0 radical (unpaired) electrons. The molecule has 0 aliphatic rings. The van der Waals surface area contributed by atoms with Crippen LogP contribution < -0.4 is 0 Å². The molecule has 17 heavy (non-hydrogen) atoms. The summed E-state index contributed by atoms with van der Waals surface area (Å²) in [5.74, 6) is 0.0757. The fourth-order valence-electron chi connectivity index (χ4n) is 1.26. The second-order valence-electron chi connectivity index (χ2n) is 3.52. The number of rotatable bonds is 4. The normalized spacial score (nSPS) is 14.4. The number of thioether (sulfide) groups is 1. The average molecular weight is 277 g/mol. The minimum absolute atomic E-state index is 0.0152. The molecule has 0 saturated carbocycles. The van der Waals surface area contributed by atoms with Crippen molar-refractivity contribution in [1.29, 1.82) is 0 Å². The Morgan fingerprint density at radius 2 is 2.12 bits per heavy atom. The van der Waals surface area contributed by atoms with Gasteiger partial charge in [0.1, 0.15) is 11.9 Å². The van der Waals surface area contributed by atoms with Crippen molar-refractivity contribution in [3.8, 4) is 5.75 Å². The lowest BCUT2D eigenvalue weighted by molar-refractivity contribution is -0.109. The lowest BCUT2D eigenvalue weighted by Crippen LogP contribution is -2.21. The maximum atomic E-state index is 10.7. The third kappa shape index (κ3) is 4.20. The van der Waals surface area contributed by atoms with Gasteiger partial charge in [0.05, 0.1) is 11.1 Å². The van der Waals surface area contributed by atoms with Crippen LogP contribution in [-0.2, 0) is 4.79 Å². The third-order valence-corrected chi connectivity index (χ3v) is 3.37. The van der Waals surface area contributed by atoms with E-state index in [9.17, 15) is 15.0 Å². The molecule has 6 heteroatoms. The molecule has 0 aliphatic heterocycles. The predicted molar refractivity (Wildman–Crippen MR) is 67.2 cm³/mol. The van der Waals surface area contributed by atoms with Gasteiger partial charge in [0.2, 0.25) is 0 Å². The van der Waals surface area contributed by atoms with Crippen molar-refractivity contribution in [3.05, 3.63) is 28.8 Å². The molecule has 0 spiro atoms. The number of hydrogen-bond donors (Lipinski definition) is 3. The Hall–Kier alpha value is -0.750. The topological polar surface area (TPSA) is 77.8 Å². The van der Waals surface area contributed by atoms with Crippen LogP contribution in [0.3, 0.4) is 0 Å². The number of benzene rings is 1. The van der Waals surface area contributed by atoms with Gasteiger partial charge in [0.15, 0.2) is 5.12 Å². The van der Waals surface area contributed by atoms with Gasteiger partial charge in [0, 0.05) is 18.2 Å². The second kappa shape index (κ2) is 6.26. The lowest BCUT2D eigenvalue weighted by Gasteiger charge is -2.18. The van der Waals surface area contributed by atoms with Gasteiger partial charge in [-0.1, -0.05) is 29.4 Å². The van der Waals surface area contributed by atoms with Crippen molar-refractivity contribution in [3.63, 3.8) is 0 Å². The molecule has 2 atom stereocenters. The summed E-state index contributed by atoms with van der Waals surface area (Å²) in [5, 5.41) is 28.7. The molecule has 3 N–H and O–H groups in total. The fraction of sp³-hybridized carbons (Fsp3) is 0.364. The van der Waals surface area contributed by atoms with Crippen LogP contribution in [-0.4, -0.2) is 32.3 Å². The maximum absolute atomic E-state index is 10.7. The molecule has 0 aliphatic carbocycles. The number of aliphatic hydroxyl groups excluding tert-OH is 2. The van der Waals surface area contributed by atoms with E-state index in [1.165, 1.54) is 25.1 Å². The summed E-state index contributed by atoms with van der Waals surface area (Å²) in [4.78, 5) is 10.7. The van der Waals surface area contributed by atoms with E-state index >= 15 is 0 Å². The van der Waals surface area contributed by atoms with Gasteiger partial charge in [-0.15, -0.1) is 0 Å². The molecular formula is C11H13ClO4S. The minimum atomic E-state index is -1.19. The quantitative estimate of drug-likeness (QED) is 0.780. The highest BCUT2D eigenvalue weighted by Gasteiger charge is 2.21. The number of hydrogen-bond acceptors (Lipinski definition) is 5. The van der Waals surface area contributed by atoms with Crippen molar-refractivity contribution < 1.29 is 20.1 Å². The molecule has 94 valence electrons. The second-order valence-corrected chi connectivity index (χ2v) is 5.12. The number of carbonyl (C=O) groups is 1. The van der Waals surface area contributed by atoms with Crippen LogP contribution in [0.4, 0.5) is 0 Å². The largest absolute Gasteiger partial charge is 0.508 e. The van der Waals surface area contributed by atoms with E-state index in [2.05, 4.69) is 0 Å². The molecule has 0 bridgehead atoms. The van der Waals surface area contributed by atoms with Crippen molar-refractivity contribution in [2.45, 2.75) is 19.1 Å². The molecule has 1 rings (SSSR count). The van der Waals surface area contributed by atoms with E-state index in [0.717, 1.165) is 11.8 Å². The zero-order chi connectivity index (χ0) is 13.0. The highest BCUT2D eigenvalue weighted by Crippen LogP contribution is 2.29. The summed E-state index contributed by atoms with van der Waals surface area (Å²) in [6.07, 6.45) is -2.28. The summed E-state index contributed by atoms with van der Waals surface area (Å²) in [6, 6.07) is 4.09. The summed E-state index contributed by atoms with van der Waals surface area (Å²) in [7, 11) is 0. The first kappa shape index (κ1) is 14.3. The van der Waals surface area contributed by atoms with Gasteiger partial charge in [-0.2, -0.15) is 0 Å². The number of phenols is 1. The van der Waals surface area contributed by atoms with Crippen LogP contribution in [0.25, 0.3) is 0 Å². The fourth-order valence-corrected chi connectivity index (χ4v) is 2.13. The number of halogens is 1. The molecule has 0 aromatic heterocycles. The van der Waals surface area contributed by atoms with Crippen LogP contribution >= 0.6 is 23.4 Å².